The molecule has 110 valence electrons. The third-order valence-corrected chi connectivity index (χ3v) is 3.64. The molecule has 1 unspecified atom stereocenters. The summed E-state index contributed by atoms with van der Waals surface area (Å²) in [6, 6.07) is 7.73. The fourth-order valence-corrected chi connectivity index (χ4v) is 2.55. The van der Waals surface area contributed by atoms with Gasteiger partial charge in [-0.25, -0.2) is 4.79 Å². The van der Waals surface area contributed by atoms with E-state index in [2.05, 4.69) is 0 Å². The standard InChI is InChI=1S/C15H16N2O4/c16-7-11-3-1-2-10(4-11)5-13(15(20)21)17-8-12(9-18)6-14(17)19/h1-4,12-13,18H,5-6,8-9H2,(H,20,21)/t12?,13-/m0/s1. The molecule has 1 aromatic rings. The van der Waals surface area contributed by atoms with E-state index in [1.54, 1.807) is 24.3 Å². The lowest BCUT2D eigenvalue weighted by atomic mass is 10.0. The van der Waals surface area contributed by atoms with E-state index < -0.39 is 12.0 Å². The van der Waals surface area contributed by atoms with Crippen molar-refractivity contribution in [3.63, 3.8) is 0 Å². The second kappa shape index (κ2) is 6.37. The summed E-state index contributed by atoms with van der Waals surface area (Å²) in [6.45, 7) is 0.128. The van der Waals surface area contributed by atoms with Crippen molar-refractivity contribution in [1.82, 2.24) is 4.90 Å². The van der Waals surface area contributed by atoms with Gasteiger partial charge in [-0.2, -0.15) is 5.26 Å². The van der Waals surface area contributed by atoms with Crippen molar-refractivity contribution in [2.75, 3.05) is 13.2 Å². The lowest BCUT2D eigenvalue weighted by Gasteiger charge is -2.24. The molecule has 0 spiro atoms. The highest BCUT2D eigenvalue weighted by Gasteiger charge is 2.37. The zero-order chi connectivity index (χ0) is 15.4. The molecule has 2 rings (SSSR count). The van der Waals surface area contributed by atoms with E-state index in [0.29, 0.717) is 11.1 Å². The summed E-state index contributed by atoms with van der Waals surface area (Å²) in [6.07, 6.45) is 0.327. The zero-order valence-corrected chi connectivity index (χ0v) is 11.4. The maximum Gasteiger partial charge on any atom is 0.326 e. The van der Waals surface area contributed by atoms with E-state index in [-0.39, 0.29) is 37.8 Å². The van der Waals surface area contributed by atoms with Gasteiger partial charge >= 0.3 is 5.97 Å². The lowest BCUT2D eigenvalue weighted by Crippen LogP contribution is -2.43. The molecule has 0 radical (unpaired) electrons. The monoisotopic (exact) mass is 288 g/mol. The number of rotatable bonds is 5. The number of nitriles is 1. The van der Waals surface area contributed by atoms with Crippen LogP contribution in [0, 0.1) is 17.2 Å². The molecular weight excluding hydrogens is 272 g/mol. The fraction of sp³-hybridized carbons (Fsp3) is 0.400. The van der Waals surface area contributed by atoms with Crippen molar-refractivity contribution < 1.29 is 19.8 Å². The maximum atomic E-state index is 11.9. The minimum Gasteiger partial charge on any atom is -0.480 e. The zero-order valence-electron chi connectivity index (χ0n) is 11.4. The normalized spacial score (nSPS) is 19.3. The van der Waals surface area contributed by atoms with E-state index in [1.165, 1.54) is 4.90 Å². The van der Waals surface area contributed by atoms with Crippen LogP contribution in [0.4, 0.5) is 0 Å². The van der Waals surface area contributed by atoms with Gasteiger partial charge in [0.25, 0.3) is 0 Å². The number of carbonyl (C=O) groups is 2. The average molecular weight is 288 g/mol. The molecule has 0 aromatic heterocycles. The summed E-state index contributed by atoms with van der Waals surface area (Å²) < 4.78 is 0. The number of likely N-dealkylation sites (tertiary alicyclic amines) is 1. The van der Waals surface area contributed by atoms with Crippen molar-refractivity contribution in [2.45, 2.75) is 18.9 Å². The lowest BCUT2D eigenvalue weighted by molar-refractivity contribution is -0.148. The predicted molar refractivity (Wildman–Crippen MR) is 73.2 cm³/mol. The Balaban J connectivity index is 2.18. The average Bonchev–Trinajstić information content (AvgIpc) is 2.85. The van der Waals surface area contributed by atoms with E-state index >= 15 is 0 Å². The topological polar surface area (TPSA) is 102 Å². The predicted octanol–water partition coefficient (Wildman–Crippen LogP) is 0.395. The SMILES string of the molecule is N#Cc1cccc(C[C@@H](C(=O)O)N2CC(CO)CC2=O)c1. The van der Waals surface area contributed by atoms with E-state index in [1.807, 2.05) is 6.07 Å². The van der Waals surface area contributed by atoms with E-state index in [4.69, 9.17) is 10.4 Å². The van der Waals surface area contributed by atoms with E-state index in [0.717, 1.165) is 0 Å². The molecule has 1 aliphatic heterocycles. The van der Waals surface area contributed by atoms with Crippen LogP contribution < -0.4 is 0 Å². The van der Waals surface area contributed by atoms with Gasteiger partial charge in [0.1, 0.15) is 6.04 Å². The number of carboxylic acids is 1. The van der Waals surface area contributed by atoms with Gasteiger partial charge in [0.2, 0.25) is 5.91 Å². The molecule has 6 heteroatoms. The number of aliphatic hydroxyl groups excluding tert-OH is 1. The van der Waals surface area contributed by atoms with Gasteiger partial charge < -0.3 is 15.1 Å². The molecule has 1 amide bonds. The van der Waals surface area contributed by atoms with Gasteiger partial charge in [0, 0.05) is 31.9 Å². The van der Waals surface area contributed by atoms with Gasteiger partial charge in [-0.1, -0.05) is 12.1 Å². The van der Waals surface area contributed by atoms with Crippen molar-refractivity contribution >= 4 is 11.9 Å². The molecule has 1 aliphatic rings. The third kappa shape index (κ3) is 3.38. The first-order chi connectivity index (χ1) is 10.0. The Kier molecular flexibility index (Phi) is 4.55. The van der Waals surface area contributed by atoms with Crippen LogP contribution in [-0.2, 0) is 16.0 Å². The van der Waals surface area contributed by atoms with E-state index in [9.17, 15) is 14.7 Å². The first-order valence-corrected chi connectivity index (χ1v) is 6.67. The number of carbonyl (C=O) groups excluding carboxylic acids is 1. The summed E-state index contributed by atoms with van der Waals surface area (Å²) in [4.78, 5) is 24.7. The maximum absolute atomic E-state index is 11.9. The minimum absolute atomic E-state index is 0.126. The highest BCUT2D eigenvalue weighted by Crippen LogP contribution is 2.22. The summed E-state index contributed by atoms with van der Waals surface area (Å²) in [5.41, 5.74) is 1.15. The van der Waals surface area contributed by atoms with Gasteiger partial charge in [0.05, 0.1) is 11.6 Å². The molecule has 1 saturated heterocycles. The van der Waals surface area contributed by atoms with Crippen LogP contribution in [0.3, 0.4) is 0 Å². The van der Waals surface area contributed by atoms with Crippen LogP contribution in [0.5, 0.6) is 0 Å². The molecule has 1 fully saturated rings. The number of aliphatic hydroxyl groups is 1. The summed E-state index contributed by atoms with van der Waals surface area (Å²) in [5, 5.41) is 27.4. The number of hydrogen-bond acceptors (Lipinski definition) is 4. The Morgan fingerprint density at radius 1 is 1.52 bits per heavy atom. The van der Waals surface area contributed by atoms with Crippen LogP contribution >= 0.6 is 0 Å². The largest absolute Gasteiger partial charge is 0.480 e. The smallest absolute Gasteiger partial charge is 0.326 e. The van der Waals surface area contributed by atoms with Crippen molar-refractivity contribution in [2.24, 2.45) is 5.92 Å². The number of nitrogens with zero attached hydrogens (tertiary/aromatic N) is 2. The highest BCUT2D eigenvalue weighted by atomic mass is 16.4. The molecule has 2 N–H and O–H groups in total. The van der Waals surface area contributed by atoms with Crippen LogP contribution in [0.25, 0.3) is 0 Å². The van der Waals surface area contributed by atoms with Crippen molar-refractivity contribution in [1.29, 1.82) is 5.26 Å². The molecule has 0 bridgehead atoms. The molecule has 2 atom stereocenters. The molecule has 1 heterocycles. The third-order valence-electron chi connectivity index (χ3n) is 3.64. The van der Waals surface area contributed by atoms with Gasteiger partial charge in [-0.3, -0.25) is 4.79 Å². The molecular formula is C15H16N2O4. The first kappa shape index (κ1) is 15.0. The van der Waals surface area contributed by atoms with Gasteiger partial charge in [-0.05, 0) is 17.7 Å². The van der Waals surface area contributed by atoms with Crippen molar-refractivity contribution in [3.8, 4) is 6.07 Å². The first-order valence-electron chi connectivity index (χ1n) is 6.67. The molecule has 0 saturated carbocycles. The summed E-state index contributed by atoms with van der Waals surface area (Å²) >= 11 is 0. The Bertz CT molecular complexity index is 594. The number of amides is 1. The highest BCUT2D eigenvalue weighted by molar-refractivity contribution is 5.85. The Morgan fingerprint density at radius 2 is 2.29 bits per heavy atom. The summed E-state index contributed by atoms with van der Waals surface area (Å²) in [7, 11) is 0. The minimum atomic E-state index is -1.08. The second-order valence-corrected chi connectivity index (χ2v) is 5.17. The summed E-state index contributed by atoms with van der Waals surface area (Å²) in [5.74, 6) is -1.54. The molecule has 21 heavy (non-hydrogen) atoms. The molecule has 0 aliphatic carbocycles. The fourth-order valence-electron chi connectivity index (χ4n) is 2.55. The van der Waals surface area contributed by atoms with Crippen LogP contribution in [0.1, 0.15) is 17.5 Å². The number of hydrogen-bond donors (Lipinski definition) is 2. The quantitative estimate of drug-likeness (QED) is 0.816. The molecule has 6 nitrogen and oxygen atoms in total. The number of aliphatic carboxylic acids is 1. The van der Waals surface area contributed by atoms with Gasteiger partial charge in [-0.15, -0.1) is 0 Å². The van der Waals surface area contributed by atoms with Crippen molar-refractivity contribution in [3.05, 3.63) is 35.4 Å². The Morgan fingerprint density at radius 3 is 2.86 bits per heavy atom. The number of carboxylic acid groups (broad SMARTS) is 1. The second-order valence-electron chi connectivity index (χ2n) is 5.17. The van der Waals surface area contributed by atoms with Crippen LogP contribution in [0.2, 0.25) is 0 Å². The Labute approximate surface area is 122 Å². The van der Waals surface area contributed by atoms with Crippen LogP contribution in [-0.4, -0.2) is 46.2 Å². The van der Waals surface area contributed by atoms with Gasteiger partial charge in [0.15, 0.2) is 0 Å². The molecule has 1 aromatic carbocycles. The van der Waals surface area contributed by atoms with Crippen LogP contribution in [0.15, 0.2) is 24.3 Å². The number of benzene rings is 1. The Hall–Kier alpha value is -2.39.